The molecule has 0 bridgehead atoms. The van der Waals surface area contributed by atoms with Crippen molar-refractivity contribution in [2.45, 2.75) is 18.1 Å². The van der Waals surface area contributed by atoms with E-state index in [-0.39, 0.29) is 17.1 Å². The van der Waals surface area contributed by atoms with Crippen LogP contribution >= 0.6 is 72.3 Å². The number of hydrogen-bond acceptors (Lipinski definition) is 8. The minimum Gasteiger partial charge on any atom is -0.282 e. The summed E-state index contributed by atoms with van der Waals surface area (Å²) in [5, 5.41) is -0.153. The summed E-state index contributed by atoms with van der Waals surface area (Å²) in [6, 6.07) is 0. The van der Waals surface area contributed by atoms with Gasteiger partial charge in [-0.2, -0.15) is 60.5 Å². The number of carbonyl (C=O) groups excluding carboxylic acids is 2. The van der Waals surface area contributed by atoms with E-state index in [0.29, 0.717) is 13.0 Å². The van der Waals surface area contributed by atoms with Crippen molar-refractivity contribution in [3.8, 4) is 0 Å². The Bertz CT molecular complexity index is 372. The van der Waals surface area contributed by atoms with Crippen LogP contribution in [0.2, 0.25) is 0 Å². The molecule has 0 aromatic heterocycles. The molecule has 0 aromatic carbocycles. The van der Waals surface area contributed by atoms with Crippen LogP contribution in [0.3, 0.4) is 0 Å². The Hall–Kier alpha value is 1.24. The van der Waals surface area contributed by atoms with Gasteiger partial charge in [0, 0.05) is 47.5 Å². The number of rotatable bonds is 15. The highest BCUT2D eigenvalue weighted by molar-refractivity contribution is 8.04. The number of amides is 2. The van der Waals surface area contributed by atoms with Gasteiger partial charge in [-0.15, -0.1) is 11.8 Å². The molecule has 2 amide bonds. The summed E-state index contributed by atoms with van der Waals surface area (Å²) in [5.41, 5.74) is 0. The van der Waals surface area contributed by atoms with E-state index in [1.165, 1.54) is 4.90 Å². The van der Waals surface area contributed by atoms with Gasteiger partial charge in [-0.1, -0.05) is 0 Å². The highest BCUT2D eigenvalue weighted by Crippen LogP contribution is 2.26. The molecule has 0 N–H and O–H groups in total. The van der Waals surface area contributed by atoms with Crippen LogP contribution in [0.5, 0.6) is 0 Å². The average molecular weight is 446 g/mol. The molecule has 0 aliphatic carbocycles. The van der Waals surface area contributed by atoms with E-state index in [9.17, 15) is 9.59 Å². The summed E-state index contributed by atoms with van der Waals surface area (Å²) in [6.45, 7) is 0.583. The summed E-state index contributed by atoms with van der Waals surface area (Å²) in [5.74, 6) is 9.23. The lowest BCUT2D eigenvalue weighted by atomic mass is 10.4. The number of likely N-dealkylation sites (tertiary alicyclic amines) is 1. The van der Waals surface area contributed by atoms with Crippen molar-refractivity contribution in [3.63, 3.8) is 0 Å². The van der Waals surface area contributed by atoms with Crippen molar-refractivity contribution in [1.82, 2.24) is 4.90 Å². The maximum atomic E-state index is 12.3. The van der Waals surface area contributed by atoms with Crippen molar-refractivity contribution in [1.29, 1.82) is 0 Å². The monoisotopic (exact) mass is 445 g/mol. The molecule has 0 spiro atoms. The predicted molar refractivity (Wildman–Crippen MR) is 122 cm³/mol. The Morgan fingerprint density at radius 2 is 1.46 bits per heavy atom. The fourth-order valence-corrected chi connectivity index (χ4v) is 6.74. The Morgan fingerprint density at radius 1 is 0.875 bits per heavy atom. The first-order valence-corrected chi connectivity index (χ1v) is 13.9. The van der Waals surface area contributed by atoms with Crippen LogP contribution in [0, 0.1) is 0 Å². The summed E-state index contributed by atoms with van der Waals surface area (Å²) in [4.78, 5) is 25.8. The zero-order valence-electron chi connectivity index (χ0n) is 13.9. The molecule has 1 heterocycles. The third-order valence-corrected chi connectivity index (χ3v) is 9.08. The van der Waals surface area contributed by atoms with Crippen LogP contribution in [-0.2, 0) is 9.59 Å². The Morgan fingerprint density at radius 3 is 2.08 bits per heavy atom. The molecular formula is C15H27NO2S6. The third kappa shape index (κ3) is 9.80. The number of imide groups is 1. The Balaban J connectivity index is 2.10. The number of carbonyl (C=O) groups is 2. The van der Waals surface area contributed by atoms with Gasteiger partial charge in [0.05, 0.1) is 5.25 Å². The van der Waals surface area contributed by atoms with E-state index in [0.717, 1.165) is 58.2 Å². The van der Waals surface area contributed by atoms with Crippen molar-refractivity contribution < 1.29 is 9.59 Å². The second kappa shape index (κ2) is 15.3. The van der Waals surface area contributed by atoms with Gasteiger partial charge in [-0.05, 0) is 23.7 Å². The second-order valence-electron chi connectivity index (χ2n) is 5.09. The molecule has 1 rings (SSSR count). The fraction of sp³-hybridized carbons (Fsp3) is 0.867. The van der Waals surface area contributed by atoms with Gasteiger partial charge in [-0.25, -0.2) is 0 Å². The smallest absolute Gasteiger partial charge is 0.242 e. The number of hydrogen-bond donors (Lipinski definition) is 2. The highest BCUT2D eigenvalue weighted by atomic mass is 32.2. The summed E-state index contributed by atoms with van der Waals surface area (Å²) in [6.07, 6.45) is 1.28. The molecule has 1 fully saturated rings. The first-order chi connectivity index (χ1) is 11.7. The lowest BCUT2D eigenvalue weighted by Gasteiger charge is -2.14. The number of nitrogens with zero attached hydrogens (tertiary/aromatic N) is 1. The molecule has 9 heteroatoms. The van der Waals surface area contributed by atoms with Crippen LogP contribution in [0.15, 0.2) is 0 Å². The lowest BCUT2D eigenvalue weighted by molar-refractivity contribution is -0.138. The fourth-order valence-electron chi connectivity index (χ4n) is 2.15. The maximum Gasteiger partial charge on any atom is 0.242 e. The van der Waals surface area contributed by atoms with Crippen molar-refractivity contribution in [2.75, 3.05) is 58.3 Å². The molecule has 1 saturated heterocycles. The summed E-state index contributed by atoms with van der Waals surface area (Å²) < 4.78 is 0. The molecule has 140 valence electrons. The van der Waals surface area contributed by atoms with Crippen LogP contribution < -0.4 is 0 Å². The van der Waals surface area contributed by atoms with Gasteiger partial charge in [0.15, 0.2) is 0 Å². The Kier molecular flexibility index (Phi) is 14.9. The van der Waals surface area contributed by atoms with Crippen molar-refractivity contribution in [3.05, 3.63) is 0 Å². The normalized spacial score (nSPS) is 17.9. The first kappa shape index (κ1) is 23.3. The van der Waals surface area contributed by atoms with Crippen LogP contribution in [-0.4, -0.2) is 80.3 Å². The topological polar surface area (TPSA) is 37.4 Å². The van der Waals surface area contributed by atoms with Crippen LogP contribution in [0.4, 0.5) is 0 Å². The largest absolute Gasteiger partial charge is 0.282 e. The number of thioether (sulfide) groups is 4. The molecule has 1 unspecified atom stereocenters. The van der Waals surface area contributed by atoms with Crippen molar-refractivity contribution in [2.24, 2.45) is 0 Å². The molecule has 0 radical (unpaired) electrons. The molecule has 1 aliphatic rings. The van der Waals surface area contributed by atoms with Gasteiger partial charge in [0.2, 0.25) is 11.8 Å². The van der Waals surface area contributed by atoms with E-state index in [1.807, 2.05) is 35.3 Å². The second-order valence-corrected chi connectivity index (χ2v) is 11.0. The zero-order valence-corrected chi connectivity index (χ0v) is 18.9. The van der Waals surface area contributed by atoms with E-state index < -0.39 is 0 Å². The number of thiol groups is 2. The predicted octanol–water partition coefficient (Wildman–Crippen LogP) is 3.30. The standard InChI is InChI=1S/C15H27NO2S6/c17-14-12-13(24-11-10-23-7-4-20)15(18)16(14)2-1-5-21-8-9-22-6-3-19/h13,19-20H,1-12H2. The van der Waals surface area contributed by atoms with E-state index >= 15 is 0 Å². The molecule has 0 saturated carbocycles. The molecule has 1 atom stereocenters. The van der Waals surface area contributed by atoms with Gasteiger partial charge >= 0.3 is 0 Å². The van der Waals surface area contributed by atoms with E-state index in [1.54, 1.807) is 11.8 Å². The Labute approximate surface area is 174 Å². The quantitative estimate of drug-likeness (QED) is 0.229. The minimum atomic E-state index is -0.153. The minimum absolute atomic E-state index is 0.00912. The van der Waals surface area contributed by atoms with Gasteiger partial charge in [0.1, 0.15) is 0 Å². The molecular weight excluding hydrogens is 419 g/mol. The van der Waals surface area contributed by atoms with Gasteiger partial charge in [0.25, 0.3) is 0 Å². The summed E-state index contributed by atoms with van der Waals surface area (Å²) >= 11 is 15.7. The van der Waals surface area contributed by atoms with Crippen LogP contribution in [0.1, 0.15) is 12.8 Å². The molecule has 3 nitrogen and oxygen atoms in total. The third-order valence-electron chi connectivity index (χ3n) is 3.26. The van der Waals surface area contributed by atoms with E-state index in [2.05, 4.69) is 25.3 Å². The highest BCUT2D eigenvalue weighted by Gasteiger charge is 2.38. The first-order valence-electron chi connectivity index (χ1n) is 8.11. The zero-order chi connectivity index (χ0) is 17.6. The van der Waals surface area contributed by atoms with Gasteiger partial charge < -0.3 is 0 Å². The average Bonchev–Trinajstić information content (AvgIpc) is 2.84. The molecule has 24 heavy (non-hydrogen) atoms. The molecule has 1 aliphatic heterocycles. The van der Waals surface area contributed by atoms with E-state index in [4.69, 9.17) is 0 Å². The van der Waals surface area contributed by atoms with Crippen molar-refractivity contribution >= 4 is 84.1 Å². The maximum absolute atomic E-state index is 12.3. The SMILES string of the molecule is O=C1CC(SCCSCCS)C(=O)N1CCCSCCSCCS. The summed E-state index contributed by atoms with van der Waals surface area (Å²) in [7, 11) is 0. The van der Waals surface area contributed by atoms with Crippen LogP contribution in [0.25, 0.3) is 0 Å². The molecule has 0 aromatic rings. The van der Waals surface area contributed by atoms with Gasteiger partial charge in [-0.3, -0.25) is 14.5 Å². The lowest BCUT2D eigenvalue weighted by Crippen LogP contribution is -2.32.